The molecule has 2 amide bonds. The molecule has 2 heterocycles. The lowest BCUT2D eigenvalue weighted by molar-refractivity contribution is -0.112. The number of aliphatic hydroxyl groups excluding tert-OH is 1. The number of nitrogens with one attached hydrogen (secondary N) is 1. The van der Waals surface area contributed by atoms with E-state index in [1.54, 1.807) is 71.5 Å². The van der Waals surface area contributed by atoms with Crippen molar-refractivity contribution in [1.82, 2.24) is 9.78 Å². The van der Waals surface area contributed by atoms with E-state index < -0.39 is 29.7 Å². The molecule has 10 heteroatoms. The Kier molecular flexibility index (Phi) is 7.51. The van der Waals surface area contributed by atoms with E-state index in [2.05, 4.69) is 10.4 Å². The Balaban J connectivity index is 1.48. The topological polar surface area (TPSA) is 87.5 Å². The van der Waals surface area contributed by atoms with Crippen LogP contribution in [0.15, 0.2) is 85.1 Å². The predicted octanol–water partition coefficient (Wildman–Crippen LogP) is 6.03. The van der Waals surface area contributed by atoms with E-state index in [1.807, 2.05) is 13.0 Å². The number of aromatic nitrogens is 2. The summed E-state index contributed by atoms with van der Waals surface area (Å²) in [5, 5.41) is 16.4. The van der Waals surface area contributed by atoms with Gasteiger partial charge in [0.15, 0.2) is 0 Å². The molecule has 0 radical (unpaired) electrons. The first-order chi connectivity index (χ1) is 19.2. The summed E-state index contributed by atoms with van der Waals surface area (Å²) in [4.78, 5) is 27.8. The minimum atomic E-state index is -3.40. The number of nitrogens with zero attached hydrogens (tertiary/aromatic N) is 3. The fourth-order valence-corrected chi connectivity index (χ4v) is 4.87. The lowest BCUT2D eigenvalue weighted by atomic mass is 9.97. The monoisotopic (exact) mass is 562 g/mol. The molecule has 4 aromatic rings. The number of benzene rings is 3. The van der Waals surface area contributed by atoms with Crippen LogP contribution >= 0.6 is 11.6 Å². The molecule has 0 spiro atoms. The van der Waals surface area contributed by atoms with Gasteiger partial charge in [0.1, 0.15) is 0 Å². The van der Waals surface area contributed by atoms with Crippen LogP contribution in [0, 0.1) is 6.92 Å². The molecule has 1 aliphatic rings. The van der Waals surface area contributed by atoms with Crippen molar-refractivity contribution in [3.63, 3.8) is 0 Å². The van der Waals surface area contributed by atoms with Gasteiger partial charge in [-0.05, 0) is 55.0 Å². The molecule has 3 aromatic carbocycles. The van der Waals surface area contributed by atoms with E-state index in [1.165, 1.54) is 11.0 Å². The van der Waals surface area contributed by atoms with Crippen molar-refractivity contribution in [2.45, 2.75) is 25.9 Å². The van der Waals surface area contributed by atoms with E-state index in [-0.39, 0.29) is 35.0 Å². The van der Waals surface area contributed by atoms with Crippen LogP contribution in [0.4, 0.5) is 20.2 Å². The maximum Gasteiger partial charge on any atom is 0.275 e. The fraction of sp³-hybridized carbons (Fsp3) is 0.167. The molecule has 0 unspecified atom stereocenters. The standard InChI is InChI=1S/C30H25ClF2N4O3/c1-19-11-13-37(35-19)22-9-10-24(26(31)16-22)29(40)36-14-12-30(32,33)25(23-7-2-3-8-27(23)36)17-28(39)34-21-6-4-5-20(15-21)18-38/h2-11,13,15-17,38H,12,14,18H2,1H3,(H,34,39)/b25-17-. The quantitative estimate of drug-likeness (QED) is 0.291. The number of hydrogen-bond acceptors (Lipinski definition) is 4. The number of hydrogen-bond donors (Lipinski definition) is 2. The minimum Gasteiger partial charge on any atom is -0.392 e. The number of allylic oxidation sites excluding steroid dienone is 1. The molecule has 0 saturated heterocycles. The Hall–Kier alpha value is -4.34. The first-order valence-electron chi connectivity index (χ1n) is 12.5. The molecule has 7 nitrogen and oxygen atoms in total. The summed E-state index contributed by atoms with van der Waals surface area (Å²) in [5.74, 6) is -4.70. The fourth-order valence-electron chi connectivity index (χ4n) is 4.62. The average molecular weight is 563 g/mol. The van der Waals surface area contributed by atoms with Crippen LogP contribution in [0.2, 0.25) is 5.02 Å². The number of amides is 2. The summed E-state index contributed by atoms with van der Waals surface area (Å²) in [5.41, 5.74) is 2.36. The van der Waals surface area contributed by atoms with Crippen LogP contribution in [0.25, 0.3) is 11.3 Å². The zero-order chi connectivity index (χ0) is 28.4. The molecular weight excluding hydrogens is 538 g/mol. The molecule has 1 aromatic heterocycles. The lowest BCUT2D eigenvalue weighted by Gasteiger charge is -2.23. The van der Waals surface area contributed by atoms with E-state index in [0.29, 0.717) is 16.9 Å². The maximum atomic E-state index is 15.5. The van der Waals surface area contributed by atoms with Crippen molar-refractivity contribution in [1.29, 1.82) is 0 Å². The van der Waals surface area contributed by atoms with Crippen molar-refractivity contribution >= 4 is 40.4 Å². The second-order valence-electron chi connectivity index (χ2n) is 9.40. The number of rotatable bonds is 5. The first kappa shape index (κ1) is 27.2. The molecule has 0 fully saturated rings. The largest absolute Gasteiger partial charge is 0.392 e. The van der Waals surface area contributed by atoms with Gasteiger partial charge in [-0.3, -0.25) is 9.59 Å². The average Bonchev–Trinajstić information content (AvgIpc) is 3.34. The normalized spacial score (nSPS) is 15.4. The molecule has 0 saturated carbocycles. The van der Waals surface area contributed by atoms with Crippen LogP contribution in [-0.2, 0) is 11.4 Å². The van der Waals surface area contributed by atoms with Gasteiger partial charge in [-0.15, -0.1) is 0 Å². The number of alkyl halides is 2. The van der Waals surface area contributed by atoms with Crippen molar-refractivity contribution < 1.29 is 23.5 Å². The van der Waals surface area contributed by atoms with Crippen LogP contribution < -0.4 is 10.2 Å². The van der Waals surface area contributed by atoms with Crippen LogP contribution in [0.3, 0.4) is 0 Å². The highest BCUT2D eigenvalue weighted by atomic mass is 35.5. The minimum absolute atomic E-state index is 0.0670. The molecule has 5 rings (SSSR count). The first-order valence-corrected chi connectivity index (χ1v) is 12.9. The Labute approximate surface area is 234 Å². The van der Waals surface area contributed by atoms with Gasteiger partial charge in [0.2, 0.25) is 5.91 Å². The van der Waals surface area contributed by atoms with Gasteiger partial charge in [0, 0.05) is 42.1 Å². The second-order valence-corrected chi connectivity index (χ2v) is 9.81. The van der Waals surface area contributed by atoms with Crippen molar-refractivity contribution in [2.75, 3.05) is 16.8 Å². The molecule has 0 aliphatic carbocycles. The summed E-state index contributed by atoms with van der Waals surface area (Å²) in [6, 6.07) is 19.4. The van der Waals surface area contributed by atoms with E-state index in [4.69, 9.17) is 11.6 Å². The smallest absolute Gasteiger partial charge is 0.275 e. The summed E-state index contributed by atoms with van der Waals surface area (Å²) in [7, 11) is 0. The van der Waals surface area contributed by atoms with Crippen LogP contribution in [-0.4, -0.2) is 39.2 Å². The van der Waals surface area contributed by atoms with Crippen molar-refractivity contribution in [3.8, 4) is 5.69 Å². The number of aryl methyl sites for hydroxylation is 1. The highest BCUT2D eigenvalue weighted by Crippen LogP contribution is 2.43. The number of carbonyl (C=O) groups is 2. The van der Waals surface area contributed by atoms with Crippen LogP contribution in [0.5, 0.6) is 0 Å². The Bertz CT molecular complexity index is 1630. The summed E-state index contributed by atoms with van der Waals surface area (Å²) >= 11 is 6.50. The number of anilines is 2. The maximum absolute atomic E-state index is 15.5. The van der Waals surface area contributed by atoms with E-state index >= 15 is 8.78 Å². The highest BCUT2D eigenvalue weighted by Gasteiger charge is 2.41. The van der Waals surface area contributed by atoms with Gasteiger partial charge in [0.05, 0.1) is 34.3 Å². The predicted molar refractivity (Wildman–Crippen MR) is 150 cm³/mol. The Morgan fingerprint density at radius 2 is 1.90 bits per heavy atom. The number of carbonyl (C=O) groups excluding carboxylic acids is 2. The number of para-hydroxylation sites is 1. The third kappa shape index (κ3) is 5.52. The third-order valence-corrected chi connectivity index (χ3v) is 6.91. The summed E-state index contributed by atoms with van der Waals surface area (Å²) in [6.07, 6.45) is 1.93. The molecule has 1 aliphatic heterocycles. The molecule has 40 heavy (non-hydrogen) atoms. The molecule has 204 valence electrons. The van der Waals surface area contributed by atoms with Gasteiger partial charge >= 0.3 is 0 Å². The summed E-state index contributed by atoms with van der Waals surface area (Å²) in [6.45, 7) is 1.33. The Morgan fingerprint density at radius 1 is 1.10 bits per heavy atom. The number of halogens is 3. The van der Waals surface area contributed by atoms with Gasteiger partial charge in [-0.25, -0.2) is 13.5 Å². The summed E-state index contributed by atoms with van der Waals surface area (Å²) < 4.78 is 32.7. The second kappa shape index (κ2) is 11.0. The zero-order valence-corrected chi connectivity index (χ0v) is 22.2. The molecular formula is C30H25ClF2N4O3. The van der Waals surface area contributed by atoms with Gasteiger partial charge in [0.25, 0.3) is 11.8 Å². The van der Waals surface area contributed by atoms with Gasteiger partial charge < -0.3 is 15.3 Å². The zero-order valence-electron chi connectivity index (χ0n) is 21.4. The van der Waals surface area contributed by atoms with E-state index in [9.17, 15) is 14.7 Å². The molecule has 0 bridgehead atoms. The van der Waals surface area contributed by atoms with Crippen molar-refractivity contribution in [3.05, 3.63) is 112 Å². The van der Waals surface area contributed by atoms with E-state index in [0.717, 1.165) is 11.8 Å². The Morgan fingerprint density at radius 3 is 2.62 bits per heavy atom. The molecule has 2 N–H and O–H groups in total. The van der Waals surface area contributed by atoms with Crippen LogP contribution in [0.1, 0.15) is 33.6 Å². The SMILES string of the molecule is Cc1ccn(-c2ccc(C(=O)N3CCC(F)(F)/C(=C\C(=O)Nc4cccc(CO)c4)c4ccccc43)c(Cl)c2)n1. The lowest BCUT2D eigenvalue weighted by Crippen LogP contribution is -2.33. The van der Waals surface area contributed by atoms with Crippen molar-refractivity contribution in [2.24, 2.45) is 0 Å². The highest BCUT2D eigenvalue weighted by molar-refractivity contribution is 6.34. The number of fused-ring (bicyclic) bond motifs is 1. The van der Waals surface area contributed by atoms with Gasteiger partial charge in [-0.1, -0.05) is 41.9 Å². The number of aliphatic hydroxyl groups is 1. The van der Waals surface area contributed by atoms with Gasteiger partial charge in [-0.2, -0.15) is 5.10 Å². The third-order valence-electron chi connectivity index (χ3n) is 6.60. The molecule has 0 atom stereocenters.